The van der Waals surface area contributed by atoms with E-state index in [1.165, 1.54) is 0 Å². The summed E-state index contributed by atoms with van der Waals surface area (Å²) in [5.41, 5.74) is 1.06. The summed E-state index contributed by atoms with van der Waals surface area (Å²) in [7, 11) is 0. The fourth-order valence-corrected chi connectivity index (χ4v) is 3.56. The quantitative estimate of drug-likeness (QED) is 0.777. The van der Waals surface area contributed by atoms with E-state index in [9.17, 15) is 9.59 Å². The van der Waals surface area contributed by atoms with Crippen LogP contribution in [0.1, 0.15) is 31.7 Å². The van der Waals surface area contributed by atoms with Crippen LogP contribution < -0.4 is 4.74 Å². The van der Waals surface area contributed by atoms with Gasteiger partial charge in [0.1, 0.15) is 11.9 Å². The zero-order valence-electron chi connectivity index (χ0n) is 15.5. The molecule has 1 aromatic rings. The molecule has 142 valence electrons. The van der Waals surface area contributed by atoms with Crippen molar-refractivity contribution >= 4 is 11.8 Å². The molecule has 0 unspecified atom stereocenters. The van der Waals surface area contributed by atoms with E-state index in [2.05, 4.69) is 0 Å². The van der Waals surface area contributed by atoms with Crippen LogP contribution in [0.15, 0.2) is 24.3 Å². The number of para-hydroxylation sites is 1. The number of carbonyl (C=O) groups is 2. The Balaban J connectivity index is 1.46. The standard InChI is InChI=1S/C20H28N2O4/c1-2-25-17-7-4-3-6-16(17)9-10-19(23)21-11-13-22(14-12-21)20(24)18-8-5-15-26-18/h3-4,6-7,18H,2,5,8-15H2,1H3/t18-/m0/s1. The molecule has 0 aliphatic carbocycles. The molecule has 2 aliphatic rings. The van der Waals surface area contributed by atoms with Gasteiger partial charge in [-0.1, -0.05) is 18.2 Å². The highest BCUT2D eigenvalue weighted by atomic mass is 16.5. The van der Waals surface area contributed by atoms with Crippen LogP contribution in [0.25, 0.3) is 0 Å². The molecule has 2 heterocycles. The average Bonchev–Trinajstić information content (AvgIpc) is 3.21. The third-order valence-corrected chi connectivity index (χ3v) is 5.03. The van der Waals surface area contributed by atoms with Gasteiger partial charge in [-0.25, -0.2) is 0 Å². The lowest BCUT2D eigenvalue weighted by atomic mass is 10.1. The molecule has 6 heteroatoms. The topological polar surface area (TPSA) is 59.1 Å². The normalized spacial score (nSPS) is 20.3. The summed E-state index contributed by atoms with van der Waals surface area (Å²) in [6.07, 6.45) is 2.63. The number of benzene rings is 1. The first-order valence-electron chi connectivity index (χ1n) is 9.58. The summed E-state index contributed by atoms with van der Waals surface area (Å²) in [6, 6.07) is 7.87. The van der Waals surface area contributed by atoms with E-state index in [1.807, 2.05) is 41.0 Å². The van der Waals surface area contributed by atoms with Crippen molar-refractivity contribution in [1.82, 2.24) is 9.80 Å². The summed E-state index contributed by atoms with van der Waals surface area (Å²) < 4.78 is 11.1. The zero-order chi connectivity index (χ0) is 18.4. The molecule has 0 radical (unpaired) electrons. The van der Waals surface area contributed by atoms with E-state index in [0.29, 0.717) is 52.2 Å². The van der Waals surface area contributed by atoms with Gasteiger partial charge in [-0.15, -0.1) is 0 Å². The Bertz CT molecular complexity index is 620. The number of aryl methyl sites for hydroxylation is 1. The van der Waals surface area contributed by atoms with E-state index < -0.39 is 0 Å². The maximum Gasteiger partial charge on any atom is 0.251 e. The van der Waals surface area contributed by atoms with Crippen LogP contribution in [0.4, 0.5) is 0 Å². The minimum atomic E-state index is -0.271. The fourth-order valence-electron chi connectivity index (χ4n) is 3.56. The smallest absolute Gasteiger partial charge is 0.251 e. The molecule has 2 aliphatic heterocycles. The van der Waals surface area contributed by atoms with Crippen molar-refractivity contribution in [3.05, 3.63) is 29.8 Å². The van der Waals surface area contributed by atoms with Gasteiger partial charge in [-0.2, -0.15) is 0 Å². The molecule has 3 rings (SSSR count). The SMILES string of the molecule is CCOc1ccccc1CCC(=O)N1CCN(C(=O)[C@@H]2CCCO2)CC1. The van der Waals surface area contributed by atoms with E-state index in [4.69, 9.17) is 9.47 Å². The van der Waals surface area contributed by atoms with Gasteiger partial charge in [0.25, 0.3) is 5.91 Å². The van der Waals surface area contributed by atoms with Crippen LogP contribution in [-0.2, 0) is 20.7 Å². The Hall–Kier alpha value is -2.08. The second kappa shape index (κ2) is 9.03. The molecule has 1 aromatic carbocycles. The van der Waals surface area contributed by atoms with Gasteiger partial charge in [0.15, 0.2) is 0 Å². The minimum absolute atomic E-state index is 0.0836. The Kier molecular flexibility index (Phi) is 6.50. The maximum atomic E-state index is 12.5. The van der Waals surface area contributed by atoms with Crippen LogP contribution in [0.5, 0.6) is 5.75 Å². The summed E-state index contributed by atoms with van der Waals surface area (Å²) >= 11 is 0. The highest BCUT2D eigenvalue weighted by molar-refractivity contribution is 5.82. The molecular formula is C20H28N2O4. The number of hydrogen-bond donors (Lipinski definition) is 0. The lowest BCUT2D eigenvalue weighted by Crippen LogP contribution is -2.52. The Morgan fingerprint density at radius 1 is 1.15 bits per heavy atom. The van der Waals surface area contributed by atoms with Crippen LogP contribution in [0, 0.1) is 0 Å². The van der Waals surface area contributed by atoms with E-state index in [-0.39, 0.29) is 17.9 Å². The van der Waals surface area contributed by atoms with Gasteiger partial charge >= 0.3 is 0 Å². The third kappa shape index (κ3) is 4.55. The van der Waals surface area contributed by atoms with E-state index in [1.54, 1.807) is 0 Å². The predicted molar refractivity (Wildman–Crippen MR) is 98.1 cm³/mol. The number of amides is 2. The average molecular weight is 360 g/mol. The number of rotatable bonds is 6. The van der Waals surface area contributed by atoms with E-state index >= 15 is 0 Å². The molecule has 6 nitrogen and oxygen atoms in total. The van der Waals surface area contributed by atoms with Crippen molar-refractivity contribution in [2.75, 3.05) is 39.4 Å². The molecular weight excluding hydrogens is 332 g/mol. The molecule has 1 atom stereocenters. The van der Waals surface area contributed by atoms with Gasteiger partial charge in [0.05, 0.1) is 6.61 Å². The molecule has 0 saturated carbocycles. The highest BCUT2D eigenvalue weighted by Crippen LogP contribution is 2.20. The molecule has 0 spiro atoms. The maximum absolute atomic E-state index is 12.5. The lowest BCUT2D eigenvalue weighted by molar-refractivity contribution is -0.146. The number of hydrogen-bond acceptors (Lipinski definition) is 4. The van der Waals surface area contributed by atoms with Crippen LogP contribution >= 0.6 is 0 Å². The van der Waals surface area contributed by atoms with Gasteiger partial charge in [0, 0.05) is 39.2 Å². The summed E-state index contributed by atoms with van der Waals surface area (Å²) in [4.78, 5) is 28.6. The van der Waals surface area contributed by atoms with Crippen molar-refractivity contribution in [2.24, 2.45) is 0 Å². The first-order valence-corrected chi connectivity index (χ1v) is 9.58. The molecule has 0 N–H and O–H groups in total. The van der Waals surface area contributed by atoms with Crippen molar-refractivity contribution in [1.29, 1.82) is 0 Å². The predicted octanol–water partition coefficient (Wildman–Crippen LogP) is 1.87. The number of piperazine rings is 1. The van der Waals surface area contributed by atoms with E-state index in [0.717, 1.165) is 24.2 Å². The van der Waals surface area contributed by atoms with Crippen molar-refractivity contribution in [3.63, 3.8) is 0 Å². The Morgan fingerprint density at radius 3 is 2.58 bits per heavy atom. The molecule has 2 fully saturated rings. The monoisotopic (exact) mass is 360 g/mol. The second-order valence-electron chi connectivity index (χ2n) is 6.75. The van der Waals surface area contributed by atoms with Gasteiger partial charge < -0.3 is 19.3 Å². The third-order valence-electron chi connectivity index (χ3n) is 5.03. The molecule has 0 aromatic heterocycles. The summed E-state index contributed by atoms with van der Waals surface area (Å²) in [5, 5.41) is 0. The Labute approximate surface area is 155 Å². The molecule has 2 amide bonds. The molecule has 0 bridgehead atoms. The van der Waals surface area contributed by atoms with Crippen molar-refractivity contribution in [3.8, 4) is 5.75 Å². The molecule has 26 heavy (non-hydrogen) atoms. The summed E-state index contributed by atoms with van der Waals surface area (Å²) in [5.74, 6) is 1.08. The highest BCUT2D eigenvalue weighted by Gasteiger charge is 2.31. The number of nitrogens with zero attached hydrogens (tertiary/aromatic N) is 2. The van der Waals surface area contributed by atoms with Gasteiger partial charge in [-0.3, -0.25) is 9.59 Å². The largest absolute Gasteiger partial charge is 0.494 e. The van der Waals surface area contributed by atoms with Gasteiger partial charge in [-0.05, 0) is 37.8 Å². The first-order chi connectivity index (χ1) is 12.7. The van der Waals surface area contributed by atoms with Crippen LogP contribution in [0.3, 0.4) is 0 Å². The minimum Gasteiger partial charge on any atom is -0.494 e. The lowest BCUT2D eigenvalue weighted by Gasteiger charge is -2.35. The van der Waals surface area contributed by atoms with Crippen LogP contribution in [-0.4, -0.2) is 67.1 Å². The second-order valence-corrected chi connectivity index (χ2v) is 6.75. The fraction of sp³-hybridized carbons (Fsp3) is 0.600. The van der Waals surface area contributed by atoms with Gasteiger partial charge in [0.2, 0.25) is 5.91 Å². The molecule has 2 saturated heterocycles. The van der Waals surface area contributed by atoms with Crippen LogP contribution in [0.2, 0.25) is 0 Å². The number of ether oxygens (including phenoxy) is 2. The van der Waals surface area contributed by atoms with Crippen molar-refractivity contribution < 1.29 is 19.1 Å². The summed E-state index contributed by atoms with van der Waals surface area (Å²) in [6.45, 7) is 5.65. The number of carbonyl (C=O) groups excluding carboxylic acids is 2. The van der Waals surface area contributed by atoms with Crippen molar-refractivity contribution in [2.45, 2.75) is 38.7 Å². The Morgan fingerprint density at radius 2 is 1.88 bits per heavy atom. The first kappa shape index (κ1) is 18.7. The zero-order valence-corrected chi connectivity index (χ0v) is 15.5.